The number of rotatable bonds is 7. The first kappa shape index (κ1) is 22.2. The van der Waals surface area contributed by atoms with Gasteiger partial charge < -0.3 is 4.98 Å². The van der Waals surface area contributed by atoms with E-state index in [4.69, 9.17) is 5.14 Å². The molecular weight excluding hydrogens is 428 g/mol. The van der Waals surface area contributed by atoms with Crippen molar-refractivity contribution < 1.29 is 8.42 Å². The number of aromatic nitrogens is 2. The van der Waals surface area contributed by atoms with Crippen LogP contribution in [0.1, 0.15) is 24.8 Å². The molecule has 3 N–H and O–H groups in total. The average molecular weight is 455 g/mol. The molecule has 0 saturated carbocycles. The molecule has 0 amide bonds. The second-order valence-electron chi connectivity index (χ2n) is 7.99. The first-order chi connectivity index (χ1) is 15.3. The van der Waals surface area contributed by atoms with E-state index in [0.29, 0.717) is 13.0 Å². The van der Waals surface area contributed by atoms with Crippen molar-refractivity contribution in [2.24, 2.45) is 5.14 Å². The third kappa shape index (κ3) is 4.90. The van der Waals surface area contributed by atoms with Crippen molar-refractivity contribution in [3.63, 3.8) is 0 Å². The molecule has 0 radical (unpaired) electrons. The van der Waals surface area contributed by atoms with E-state index in [0.717, 1.165) is 32.5 Å². The van der Waals surface area contributed by atoms with Crippen molar-refractivity contribution in [1.29, 1.82) is 0 Å². The van der Waals surface area contributed by atoms with Crippen molar-refractivity contribution in [2.45, 2.75) is 30.7 Å². The lowest BCUT2D eigenvalue weighted by molar-refractivity contribution is 0.292. The molecule has 168 valence electrons. The molecule has 0 atom stereocenters. The third-order valence-corrected chi connectivity index (χ3v) is 6.74. The predicted octanol–water partition coefficient (Wildman–Crippen LogP) is 1.91. The van der Waals surface area contributed by atoms with Crippen molar-refractivity contribution in [2.75, 3.05) is 19.6 Å². The number of primary sulfonamides is 1. The van der Waals surface area contributed by atoms with Gasteiger partial charge in [-0.2, -0.15) is 0 Å². The van der Waals surface area contributed by atoms with Gasteiger partial charge in [-0.15, -0.1) is 0 Å². The maximum atomic E-state index is 12.7. The fourth-order valence-electron chi connectivity index (χ4n) is 4.05. The molecule has 9 heteroatoms. The zero-order valence-electron chi connectivity index (χ0n) is 17.7. The van der Waals surface area contributed by atoms with Crippen LogP contribution in [0.3, 0.4) is 0 Å². The van der Waals surface area contributed by atoms with E-state index in [1.54, 1.807) is 0 Å². The summed E-state index contributed by atoms with van der Waals surface area (Å²) in [5.74, 6) is 0. The molecule has 4 rings (SSSR count). The van der Waals surface area contributed by atoms with Crippen LogP contribution in [-0.4, -0.2) is 42.5 Å². The van der Waals surface area contributed by atoms with E-state index in [-0.39, 0.29) is 15.8 Å². The van der Waals surface area contributed by atoms with Crippen LogP contribution in [-0.2, 0) is 16.6 Å². The summed E-state index contributed by atoms with van der Waals surface area (Å²) in [6, 6.07) is 14.3. The fourth-order valence-corrected chi connectivity index (χ4v) is 4.59. The highest BCUT2D eigenvalue weighted by molar-refractivity contribution is 7.89. The number of hydrogen-bond acceptors (Lipinski definition) is 5. The Morgan fingerprint density at radius 1 is 1.00 bits per heavy atom. The van der Waals surface area contributed by atoms with E-state index in [1.165, 1.54) is 33.9 Å². The van der Waals surface area contributed by atoms with Gasteiger partial charge >= 0.3 is 5.69 Å². The van der Waals surface area contributed by atoms with Crippen LogP contribution in [0.15, 0.2) is 69.1 Å². The molecule has 3 aromatic rings. The summed E-state index contributed by atoms with van der Waals surface area (Å²) in [6.45, 7) is 3.09. The first-order valence-corrected chi connectivity index (χ1v) is 12.1. The monoisotopic (exact) mass is 454 g/mol. The number of aromatic amines is 1. The predicted molar refractivity (Wildman–Crippen MR) is 125 cm³/mol. The summed E-state index contributed by atoms with van der Waals surface area (Å²) in [7, 11) is -3.92. The zero-order valence-corrected chi connectivity index (χ0v) is 18.5. The number of unbranched alkanes of at least 4 members (excludes halogenated alkanes) is 1. The fraction of sp³-hybridized carbons (Fsp3) is 0.304. The molecule has 0 aliphatic carbocycles. The Morgan fingerprint density at radius 3 is 2.44 bits per heavy atom. The van der Waals surface area contributed by atoms with Gasteiger partial charge in [-0.05, 0) is 55.1 Å². The summed E-state index contributed by atoms with van der Waals surface area (Å²) in [4.78, 5) is 29.9. The first-order valence-electron chi connectivity index (χ1n) is 10.6. The number of H-pyrrole nitrogens is 1. The van der Waals surface area contributed by atoms with Crippen molar-refractivity contribution in [3.05, 3.63) is 81.0 Å². The number of nitrogens with zero attached hydrogens (tertiary/aromatic N) is 2. The quantitative estimate of drug-likeness (QED) is 0.529. The van der Waals surface area contributed by atoms with Crippen LogP contribution in [0.2, 0.25) is 0 Å². The van der Waals surface area contributed by atoms with Crippen LogP contribution >= 0.6 is 0 Å². The summed E-state index contributed by atoms with van der Waals surface area (Å²) in [6.07, 6.45) is 4.83. The number of benzene rings is 2. The summed E-state index contributed by atoms with van der Waals surface area (Å²) < 4.78 is 24.2. The summed E-state index contributed by atoms with van der Waals surface area (Å²) in [5, 5.41) is 5.38. The van der Waals surface area contributed by atoms with Gasteiger partial charge in [-0.3, -0.25) is 14.3 Å². The van der Waals surface area contributed by atoms with Crippen molar-refractivity contribution in [1.82, 2.24) is 14.5 Å². The Bertz CT molecular complexity index is 1370. The Kier molecular flexibility index (Phi) is 6.40. The molecule has 8 nitrogen and oxygen atoms in total. The molecule has 1 aromatic heterocycles. The summed E-state index contributed by atoms with van der Waals surface area (Å²) >= 11 is 0. The van der Waals surface area contributed by atoms with Gasteiger partial charge in [0.1, 0.15) is 0 Å². The maximum absolute atomic E-state index is 12.7. The van der Waals surface area contributed by atoms with Crippen LogP contribution in [0.25, 0.3) is 16.5 Å². The Balaban J connectivity index is 1.36. The number of nitrogens with one attached hydrogen (secondary N) is 1. The topological polar surface area (TPSA) is 118 Å². The molecule has 0 fully saturated rings. The van der Waals surface area contributed by atoms with Gasteiger partial charge in [0.15, 0.2) is 0 Å². The van der Waals surface area contributed by atoms with Gasteiger partial charge in [0.05, 0.1) is 15.8 Å². The van der Waals surface area contributed by atoms with E-state index >= 15 is 0 Å². The van der Waals surface area contributed by atoms with Crippen LogP contribution < -0.4 is 16.4 Å². The lowest BCUT2D eigenvalue weighted by Crippen LogP contribution is -2.35. The normalized spacial score (nSPS) is 15.1. The van der Waals surface area contributed by atoms with E-state index in [1.807, 2.05) is 6.07 Å². The SMILES string of the molecule is NS(=O)(=O)c1ccc2c(=O)n(CCCCN3CC=C(c4ccccc4)CC3)c(=O)[nH]c2c1. The van der Waals surface area contributed by atoms with Gasteiger partial charge in [-0.1, -0.05) is 36.4 Å². The molecule has 32 heavy (non-hydrogen) atoms. The molecule has 1 aliphatic heterocycles. The smallest absolute Gasteiger partial charge is 0.307 e. The van der Waals surface area contributed by atoms with Gasteiger partial charge in [0.2, 0.25) is 10.0 Å². The Hall–Kier alpha value is -3.01. The molecule has 0 bridgehead atoms. The Labute approximate surface area is 186 Å². The van der Waals surface area contributed by atoms with E-state index in [2.05, 4.69) is 40.2 Å². The average Bonchev–Trinajstić information content (AvgIpc) is 2.78. The minimum atomic E-state index is -3.92. The van der Waals surface area contributed by atoms with Crippen molar-refractivity contribution in [3.8, 4) is 0 Å². The molecule has 2 aromatic carbocycles. The summed E-state index contributed by atoms with van der Waals surface area (Å²) in [5.41, 5.74) is 1.83. The zero-order chi connectivity index (χ0) is 22.7. The van der Waals surface area contributed by atoms with Crippen LogP contribution in [0, 0.1) is 0 Å². The minimum Gasteiger partial charge on any atom is -0.307 e. The third-order valence-electron chi connectivity index (χ3n) is 5.83. The highest BCUT2D eigenvalue weighted by Gasteiger charge is 2.14. The van der Waals surface area contributed by atoms with Gasteiger partial charge in [0.25, 0.3) is 5.56 Å². The number of sulfonamides is 1. The maximum Gasteiger partial charge on any atom is 0.328 e. The van der Waals surface area contributed by atoms with Crippen LogP contribution in [0.5, 0.6) is 0 Å². The van der Waals surface area contributed by atoms with Gasteiger partial charge in [0, 0.05) is 19.6 Å². The van der Waals surface area contributed by atoms with Crippen LogP contribution in [0.4, 0.5) is 0 Å². The molecule has 1 aliphatic rings. The molecule has 2 heterocycles. The number of hydrogen-bond donors (Lipinski definition) is 2. The second-order valence-corrected chi connectivity index (χ2v) is 9.55. The molecular formula is C23H26N4O4S. The molecule has 0 spiro atoms. The molecule has 0 saturated heterocycles. The second kappa shape index (κ2) is 9.23. The van der Waals surface area contributed by atoms with E-state index in [9.17, 15) is 18.0 Å². The van der Waals surface area contributed by atoms with E-state index < -0.39 is 21.3 Å². The van der Waals surface area contributed by atoms with Gasteiger partial charge in [-0.25, -0.2) is 18.4 Å². The van der Waals surface area contributed by atoms with Crippen molar-refractivity contribution >= 4 is 26.5 Å². The Morgan fingerprint density at radius 2 is 1.75 bits per heavy atom. The lowest BCUT2D eigenvalue weighted by atomic mass is 9.99. The highest BCUT2D eigenvalue weighted by Crippen LogP contribution is 2.22. The molecule has 0 unspecified atom stereocenters. The number of nitrogens with two attached hydrogens (primary N) is 1. The standard InChI is InChI=1S/C23H26N4O4S/c24-32(30,31)19-8-9-20-21(16-19)25-23(29)27(22(20)28)13-5-4-12-26-14-10-18(11-15-26)17-6-2-1-3-7-17/h1-3,6-10,16H,4-5,11-15H2,(H,25,29)(H2,24,30,31). The largest absolute Gasteiger partial charge is 0.328 e. The highest BCUT2D eigenvalue weighted by atomic mass is 32.2. The number of fused-ring (bicyclic) bond motifs is 1. The minimum absolute atomic E-state index is 0.149. The lowest BCUT2D eigenvalue weighted by Gasteiger charge is -2.26.